The predicted octanol–water partition coefficient (Wildman–Crippen LogP) is 4.76. The lowest BCUT2D eigenvalue weighted by Gasteiger charge is -2.12. The zero-order chi connectivity index (χ0) is 21.8. The predicted molar refractivity (Wildman–Crippen MR) is 127 cm³/mol. The molecule has 2 aliphatic rings. The van der Waals surface area contributed by atoms with Crippen LogP contribution in [0.2, 0.25) is 5.02 Å². The average molecular weight is 548 g/mol. The van der Waals surface area contributed by atoms with E-state index in [2.05, 4.69) is 30.7 Å². The molecule has 2 fully saturated rings. The summed E-state index contributed by atoms with van der Waals surface area (Å²) in [5.74, 6) is 6.71. The number of hydrogen-bond donors (Lipinski definition) is 2. The van der Waals surface area contributed by atoms with Crippen LogP contribution in [-0.4, -0.2) is 34.4 Å². The maximum atomic E-state index is 14.3. The molecule has 2 heterocycles. The fourth-order valence-electron chi connectivity index (χ4n) is 4.05. The fourth-order valence-corrected chi connectivity index (χ4v) is 4.67. The van der Waals surface area contributed by atoms with Crippen molar-refractivity contribution in [2.24, 2.45) is 11.3 Å². The number of fused-ring (bicyclic) bond motifs is 2. The van der Waals surface area contributed by atoms with Gasteiger partial charge in [-0.15, -0.1) is 0 Å². The van der Waals surface area contributed by atoms with Crippen LogP contribution < -0.4 is 8.85 Å². The maximum Gasteiger partial charge on any atom is 0.227 e. The van der Waals surface area contributed by atoms with Gasteiger partial charge < -0.3 is 13.7 Å². The maximum absolute atomic E-state index is 14.3. The molecule has 156 valence electrons. The summed E-state index contributed by atoms with van der Waals surface area (Å²) in [5.41, 5.74) is 2.24. The largest absolute Gasteiger partial charge is 0.344 e. The second kappa shape index (κ2) is 7.50. The molecular formula is C22H16ClFIN5O. The van der Waals surface area contributed by atoms with Crippen molar-refractivity contribution in [1.29, 1.82) is 0 Å². The summed E-state index contributed by atoms with van der Waals surface area (Å²) in [6.07, 6.45) is 2.24. The highest BCUT2D eigenvalue weighted by atomic mass is 127. The van der Waals surface area contributed by atoms with Crippen molar-refractivity contribution in [3.8, 4) is 11.8 Å². The van der Waals surface area contributed by atoms with Gasteiger partial charge in [0.15, 0.2) is 5.82 Å². The van der Waals surface area contributed by atoms with Crippen molar-refractivity contribution in [3.63, 3.8) is 0 Å². The number of benzene rings is 2. The van der Waals surface area contributed by atoms with Gasteiger partial charge in [-0.05, 0) is 30.7 Å². The van der Waals surface area contributed by atoms with Gasteiger partial charge in [-0.2, -0.15) is 0 Å². The SMILES string of the molecule is CN1CC2(C#Cc3cc4ncnc(Nc5cccc(Cl)c5F)c4cc3NI)CC2C1=O. The second-order valence-corrected chi connectivity index (χ2v) is 8.76. The van der Waals surface area contributed by atoms with E-state index in [4.69, 9.17) is 11.6 Å². The standard InChI is InChI=1S/C22H16ClFIN5O/c1-30-10-22(9-14(22)21(30)31)6-5-12-7-18-13(8-17(12)29-25)20(27-11-26-18)28-16-4-2-3-15(23)19(16)24/h2-4,7-8,11,14,29H,9-10H2,1H3,(H,26,27,28). The first kappa shape index (κ1) is 20.3. The molecule has 1 aliphatic heterocycles. The van der Waals surface area contributed by atoms with E-state index < -0.39 is 5.82 Å². The van der Waals surface area contributed by atoms with Crippen molar-refractivity contribution in [3.05, 3.63) is 53.1 Å². The highest BCUT2D eigenvalue weighted by molar-refractivity contribution is 14.1. The van der Waals surface area contributed by atoms with Crippen molar-refractivity contribution in [2.75, 3.05) is 22.4 Å². The number of nitrogens with one attached hydrogen (secondary N) is 2. The van der Waals surface area contributed by atoms with Gasteiger partial charge in [0.1, 0.15) is 12.1 Å². The van der Waals surface area contributed by atoms with Gasteiger partial charge in [-0.25, -0.2) is 14.4 Å². The van der Waals surface area contributed by atoms with Crippen LogP contribution >= 0.6 is 34.5 Å². The number of carbonyl (C=O) groups excluding carboxylic acids is 1. The van der Waals surface area contributed by atoms with Crippen LogP contribution in [0.4, 0.5) is 21.6 Å². The number of hydrogen-bond acceptors (Lipinski definition) is 5. The highest BCUT2D eigenvalue weighted by Crippen LogP contribution is 2.57. The Morgan fingerprint density at radius 2 is 2.16 bits per heavy atom. The van der Waals surface area contributed by atoms with E-state index in [0.717, 1.165) is 17.7 Å². The van der Waals surface area contributed by atoms with E-state index in [9.17, 15) is 9.18 Å². The van der Waals surface area contributed by atoms with E-state index in [1.807, 2.05) is 42.0 Å². The van der Waals surface area contributed by atoms with E-state index in [1.54, 1.807) is 17.0 Å². The summed E-state index contributed by atoms with van der Waals surface area (Å²) in [4.78, 5) is 22.5. The van der Waals surface area contributed by atoms with Crippen LogP contribution in [0.1, 0.15) is 12.0 Å². The first-order valence-electron chi connectivity index (χ1n) is 9.56. The molecule has 9 heteroatoms. The van der Waals surface area contributed by atoms with Gasteiger partial charge in [0.05, 0.1) is 61.7 Å². The lowest BCUT2D eigenvalue weighted by atomic mass is 10.0. The fraction of sp³-hybridized carbons (Fsp3) is 0.227. The minimum absolute atomic E-state index is 0.0205. The number of carbonyl (C=O) groups is 1. The minimum Gasteiger partial charge on any atom is -0.344 e. The summed E-state index contributed by atoms with van der Waals surface area (Å²) in [6.45, 7) is 0.672. The van der Waals surface area contributed by atoms with Gasteiger partial charge >= 0.3 is 0 Å². The molecule has 2 unspecified atom stereocenters. The lowest BCUT2D eigenvalue weighted by molar-refractivity contribution is -0.128. The minimum atomic E-state index is -0.542. The van der Waals surface area contributed by atoms with Gasteiger partial charge in [0, 0.05) is 19.0 Å². The van der Waals surface area contributed by atoms with E-state index in [-0.39, 0.29) is 28.0 Å². The smallest absolute Gasteiger partial charge is 0.227 e. The van der Waals surface area contributed by atoms with Gasteiger partial charge in [-0.1, -0.05) is 29.5 Å². The molecule has 0 radical (unpaired) electrons. The van der Waals surface area contributed by atoms with Crippen molar-refractivity contribution >= 4 is 68.5 Å². The molecule has 2 atom stereocenters. The molecule has 1 aliphatic carbocycles. The Labute approximate surface area is 197 Å². The topological polar surface area (TPSA) is 70.2 Å². The van der Waals surface area contributed by atoms with Gasteiger partial charge in [0.25, 0.3) is 0 Å². The van der Waals surface area contributed by atoms with Crippen LogP contribution in [-0.2, 0) is 4.79 Å². The van der Waals surface area contributed by atoms with Crippen molar-refractivity contribution < 1.29 is 9.18 Å². The normalized spacial score (nSPS) is 21.5. The summed E-state index contributed by atoms with van der Waals surface area (Å²) >= 11 is 7.94. The van der Waals surface area contributed by atoms with Gasteiger partial charge in [-0.3, -0.25) is 4.79 Å². The number of aromatic nitrogens is 2. The van der Waals surface area contributed by atoms with E-state index >= 15 is 0 Å². The average Bonchev–Trinajstić information content (AvgIpc) is 3.42. The zero-order valence-electron chi connectivity index (χ0n) is 16.3. The number of halogens is 3. The number of nitrogens with zero attached hydrogens (tertiary/aromatic N) is 3. The molecule has 2 N–H and O–H groups in total. The molecule has 1 aromatic heterocycles. The second-order valence-electron chi connectivity index (χ2n) is 7.82. The molecule has 2 aromatic carbocycles. The Morgan fingerprint density at radius 3 is 2.90 bits per heavy atom. The Kier molecular flexibility index (Phi) is 4.90. The monoisotopic (exact) mass is 547 g/mol. The Hall–Kier alpha value is -2.64. The number of likely N-dealkylation sites (tertiary alicyclic amines) is 1. The first-order chi connectivity index (χ1) is 14.9. The van der Waals surface area contributed by atoms with Crippen LogP contribution in [0, 0.1) is 29.0 Å². The Morgan fingerprint density at radius 1 is 1.32 bits per heavy atom. The number of anilines is 3. The molecular weight excluding hydrogens is 532 g/mol. The zero-order valence-corrected chi connectivity index (χ0v) is 19.3. The molecule has 0 bridgehead atoms. The third-order valence-corrected chi connectivity index (χ3v) is 6.67. The molecule has 1 saturated carbocycles. The van der Waals surface area contributed by atoms with Crippen LogP contribution in [0.3, 0.4) is 0 Å². The summed E-state index contributed by atoms with van der Waals surface area (Å²) in [7, 11) is 1.82. The molecule has 31 heavy (non-hydrogen) atoms. The summed E-state index contributed by atoms with van der Waals surface area (Å²) < 4.78 is 17.5. The molecule has 6 nitrogen and oxygen atoms in total. The Bertz CT molecular complexity index is 1310. The van der Waals surface area contributed by atoms with E-state index in [1.165, 1.54) is 12.4 Å². The third-order valence-electron chi connectivity index (χ3n) is 5.80. The Balaban J connectivity index is 1.53. The van der Waals surface area contributed by atoms with Crippen molar-refractivity contribution in [2.45, 2.75) is 6.42 Å². The van der Waals surface area contributed by atoms with Crippen LogP contribution in [0.25, 0.3) is 10.9 Å². The highest BCUT2D eigenvalue weighted by Gasteiger charge is 2.64. The quantitative estimate of drug-likeness (QED) is 0.281. The summed E-state index contributed by atoms with van der Waals surface area (Å²) in [6, 6.07) is 8.50. The lowest BCUT2D eigenvalue weighted by Crippen LogP contribution is -2.24. The number of piperidine rings is 1. The molecule has 0 spiro atoms. The first-order valence-corrected chi connectivity index (χ1v) is 11.0. The van der Waals surface area contributed by atoms with Crippen molar-refractivity contribution in [1.82, 2.24) is 14.9 Å². The van der Waals surface area contributed by atoms with Gasteiger partial charge in [0.2, 0.25) is 5.91 Å². The van der Waals surface area contributed by atoms with Crippen LogP contribution in [0.5, 0.6) is 0 Å². The van der Waals surface area contributed by atoms with Crippen LogP contribution in [0.15, 0.2) is 36.7 Å². The third kappa shape index (κ3) is 3.46. The van der Waals surface area contributed by atoms with E-state index in [0.29, 0.717) is 23.3 Å². The molecule has 3 aromatic rings. The number of rotatable bonds is 3. The number of amides is 1. The summed E-state index contributed by atoms with van der Waals surface area (Å²) in [5, 5.41) is 3.75. The molecule has 1 saturated heterocycles. The molecule has 1 amide bonds. The molecule has 5 rings (SSSR count).